The lowest BCUT2D eigenvalue weighted by Gasteiger charge is -2.11. The molecule has 0 radical (unpaired) electrons. The molecule has 10 heteroatoms. The Bertz CT molecular complexity index is 1300. The van der Waals surface area contributed by atoms with Crippen LogP contribution in [0.3, 0.4) is 0 Å². The third-order valence-electron chi connectivity index (χ3n) is 4.31. The van der Waals surface area contributed by atoms with Crippen LogP contribution >= 0.6 is 0 Å². The van der Waals surface area contributed by atoms with Gasteiger partial charge < -0.3 is 4.74 Å². The first-order valence-corrected chi connectivity index (χ1v) is 9.55. The van der Waals surface area contributed by atoms with Crippen molar-refractivity contribution in [2.24, 2.45) is 14.1 Å². The lowest BCUT2D eigenvalue weighted by Crippen LogP contribution is -2.36. The summed E-state index contributed by atoms with van der Waals surface area (Å²) < 4.78 is 34.4. The normalized spacial score (nSPS) is 11.4. The Balaban J connectivity index is 2.01. The molecule has 0 amide bonds. The number of anilines is 1. The van der Waals surface area contributed by atoms with Gasteiger partial charge in [-0.3, -0.25) is 18.7 Å². The second-order valence-electron chi connectivity index (χ2n) is 6.06. The lowest BCUT2D eigenvalue weighted by molar-refractivity contribution is 0.0600. The molecule has 0 aliphatic carbocycles. The highest BCUT2D eigenvalue weighted by atomic mass is 32.2. The molecule has 0 aliphatic heterocycles. The minimum atomic E-state index is -3.95. The number of nitrogens with zero attached hydrogens (tertiary/aromatic N) is 2. The molecule has 1 heterocycles. The minimum absolute atomic E-state index is 0.0573. The maximum absolute atomic E-state index is 12.6. The molecule has 9 nitrogen and oxygen atoms in total. The van der Waals surface area contributed by atoms with Crippen LogP contribution in [0.2, 0.25) is 0 Å². The highest BCUT2D eigenvalue weighted by Crippen LogP contribution is 2.20. The molecule has 0 aliphatic rings. The van der Waals surface area contributed by atoms with E-state index >= 15 is 0 Å². The van der Waals surface area contributed by atoms with Gasteiger partial charge in [0.1, 0.15) is 0 Å². The predicted molar refractivity (Wildman–Crippen MR) is 103 cm³/mol. The van der Waals surface area contributed by atoms with Gasteiger partial charge in [0.05, 0.1) is 34.2 Å². The van der Waals surface area contributed by atoms with E-state index in [9.17, 15) is 22.8 Å². The summed E-state index contributed by atoms with van der Waals surface area (Å²) in [7, 11) is 0.153. The van der Waals surface area contributed by atoms with E-state index in [1.54, 1.807) is 0 Å². The Labute approximate surface area is 159 Å². The molecule has 28 heavy (non-hydrogen) atoms. The van der Waals surface area contributed by atoms with Crippen LogP contribution in [0.1, 0.15) is 10.4 Å². The van der Waals surface area contributed by atoms with Gasteiger partial charge in [-0.2, -0.15) is 0 Å². The molecule has 0 bridgehead atoms. The first-order valence-electron chi connectivity index (χ1n) is 8.06. The third-order valence-corrected chi connectivity index (χ3v) is 5.70. The van der Waals surface area contributed by atoms with Crippen molar-refractivity contribution in [1.82, 2.24) is 9.13 Å². The van der Waals surface area contributed by atoms with Crippen molar-refractivity contribution in [2.75, 3.05) is 11.8 Å². The molecule has 1 aromatic heterocycles. The van der Waals surface area contributed by atoms with E-state index in [2.05, 4.69) is 9.46 Å². The largest absolute Gasteiger partial charge is 0.465 e. The predicted octanol–water partition coefficient (Wildman–Crippen LogP) is 0.825. The van der Waals surface area contributed by atoms with Crippen LogP contribution in [0.5, 0.6) is 0 Å². The van der Waals surface area contributed by atoms with Crippen LogP contribution in [-0.2, 0) is 28.9 Å². The molecule has 0 fully saturated rings. The molecule has 1 N–H and O–H groups in total. The summed E-state index contributed by atoms with van der Waals surface area (Å²) in [6, 6.07) is 9.55. The number of fused-ring (bicyclic) bond motifs is 1. The molecule has 0 spiro atoms. The summed E-state index contributed by atoms with van der Waals surface area (Å²) in [6.45, 7) is 0. The highest BCUT2D eigenvalue weighted by Gasteiger charge is 2.17. The van der Waals surface area contributed by atoms with Crippen molar-refractivity contribution < 1.29 is 17.9 Å². The van der Waals surface area contributed by atoms with Gasteiger partial charge in [0.2, 0.25) is 0 Å². The average molecular weight is 403 g/mol. The Kier molecular flexibility index (Phi) is 4.82. The van der Waals surface area contributed by atoms with Crippen molar-refractivity contribution in [3.05, 3.63) is 68.9 Å². The zero-order valence-corrected chi connectivity index (χ0v) is 16.1. The molecule has 0 unspecified atom stereocenters. The van der Waals surface area contributed by atoms with E-state index in [1.807, 2.05) is 0 Å². The molecule has 3 rings (SSSR count). The maximum Gasteiger partial charge on any atom is 0.337 e. The van der Waals surface area contributed by atoms with E-state index in [0.29, 0.717) is 5.52 Å². The molecular weight excluding hydrogens is 386 g/mol. The Morgan fingerprint density at radius 2 is 1.64 bits per heavy atom. The van der Waals surface area contributed by atoms with E-state index in [-0.39, 0.29) is 21.5 Å². The van der Waals surface area contributed by atoms with Crippen molar-refractivity contribution in [3.63, 3.8) is 0 Å². The summed E-state index contributed by atoms with van der Waals surface area (Å²) >= 11 is 0. The first kappa shape index (κ1) is 19.4. The van der Waals surface area contributed by atoms with Crippen LogP contribution in [0, 0.1) is 0 Å². The number of methoxy groups -OCH3 is 1. The Hall–Kier alpha value is -3.40. The van der Waals surface area contributed by atoms with Gasteiger partial charge in [-0.1, -0.05) is 0 Å². The van der Waals surface area contributed by atoms with Crippen molar-refractivity contribution in [2.45, 2.75) is 4.90 Å². The van der Waals surface area contributed by atoms with Gasteiger partial charge >= 0.3 is 11.7 Å². The van der Waals surface area contributed by atoms with Crippen LogP contribution < -0.4 is 16.0 Å². The smallest absolute Gasteiger partial charge is 0.337 e. The molecule has 0 atom stereocenters. The summed E-state index contributed by atoms with van der Waals surface area (Å²) in [5.74, 6) is -0.575. The lowest BCUT2D eigenvalue weighted by atomic mass is 10.2. The topological polar surface area (TPSA) is 116 Å². The van der Waals surface area contributed by atoms with Crippen LogP contribution in [0.15, 0.2) is 56.9 Å². The zero-order chi connectivity index (χ0) is 20.6. The molecule has 0 saturated heterocycles. The van der Waals surface area contributed by atoms with E-state index in [0.717, 1.165) is 4.57 Å². The number of ether oxygens (including phenoxy) is 1. The van der Waals surface area contributed by atoms with E-state index < -0.39 is 27.2 Å². The van der Waals surface area contributed by atoms with Crippen molar-refractivity contribution in [1.29, 1.82) is 0 Å². The molecular formula is C18H17N3O6S. The fourth-order valence-electron chi connectivity index (χ4n) is 2.75. The summed E-state index contributed by atoms with van der Waals surface area (Å²) in [5.41, 5.74) is -0.276. The molecule has 146 valence electrons. The zero-order valence-electron chi connectivity index (χ0n) is 15.3. The van der Waals surface area contributed by atoms with Gasteiger partial charge in [0, 0.05) is 14.1 Å². The average Bonchev–Trinajstić information content (AvgIpc) is 2.69. The van der Waals surface area contributed by atoms with Crippen molar-refractivity contribution in [3.8, 4) is 0 Å². The first-order chi connectivity index (χ1) is 13.2. The number of rotatable bonds is 4. The number of esters is 1. The Morgan fingerprint density at radius 1 is 1.00 bits per heavy atom. The number of hydrogen-bond acceptors (Lipinski definition) is 6. The van der Waals surface area contributed by atoms with Gasteiger partial charge in [-0.25, -0.2) is 18.0 Å². The number of aromatic nitrogens is 2. The monoisotopic (exact) mass is 403 g/mol. The molecule has 2 aromatic carbocycles. The third kappa shape index (κ3) is 3.29. The number of hydrogen-bond donors (Lipinski definition) is 1. The molecule has 0 saturated carbocycles. The number of aryl methyl sites for hydroxylation is 1. The van der Waals surface area contributed by atoms with Gasteiger partial charge in [0.25, 0.3) is 15.6 Å². The van der Waals surface area contributed by atoms with Gasteiger partial charge in [0.15, 0.2) is 0 Å². The molecule has 3 aromatic rings. The number of carbonyl (C=O) groups excluding carboxylic acids is 1. The summed E-state index contributed by atoms with van der Waals surface area (Å²) in [6.07, 6.45) is 0. The summed E-state index contributed by atoms with van der Waals surface area (Å²) in [5, 5.41) is 0.287. The minimum Gasteiger partial charge on any atom is -0.465 e. The second-order valence-corrected chi connectivity index (χ2v) is 7.74. The highest BCUT2D eigenvalue weighted by molar-refractivity contribution is 7.92. The quantitative estimate of drug-likeness (QED) is 0.645. The summed E-state index contributed by atoms with van der Waals surface area (Å²) in [4.78, 5) is 35.7. The fourth-order valence-corrected chi connectivity index (χ4v) is 3.80. The van der Waals surface area contributed by atoms with Crippen LogP contribution in [0.4, 0.5) is 5.69 Å². The van der Waals surface area contributed by atoms with Gasteiger partial charge in [-0.15, -0.1) is 0 Å². The number of nitrogens with one attached hydrogen (secondary N) is 1. The van der Waals surface area contributed by atoms with E-state index in [4.69, 9.17) is 0 Å². The van der Waals surface area contributed by atoms with Crippen LogP contribution in [-0.4, -0.2) is 30.6 Å². The second kappa shape index (κ2) is 6.97. The van der Waals surface area contributed by atoms with Crippen molar-refractivity contribution >= 4 is 32.6 Å². The number of sulfonamides is 1. The fraction of sp³-hybridized carbons (Fsp3) is 0.167. The number of carbonyl (C=O) groups is 1. The maximum atomic E-state index is 12.6. The number of benzene rings is 2. The van der Waals surface area contributed by atoms with E-state index in [1.165, 1.54) is 68.2 Å². The van der Waals surface area contributed by atoms with Gasteiger partial charge in [-0.05, 0) is 42.5 Å². The standard InChI is InChI=1S/C18H17N3O6S/c1-20-15-10-12(6-9-14(15)16(22)21(2)18(20)24)19-28(25,26)13-7-4-11(5-8-13)17(23)27-3/h4-10,19H,1-3H3. The van der Waals surface area contributed by atoms with Crippen LogP contribution in [0.25, 0.3) is 10.9 Å². The SMILES string of the molecule is COC(=O)c1ccc(S(=O)(=O)Nc2ccc3c(=O)n(C)c(=O)n(C)c3c2)cc1. The Morgan fingerprint density at radius 3 is 2.25 bits per heavy atom.